The van der Waals surface area contributed by atoms with Gasteiger partial charge in [0, 0.05) is 16.8 Å². The number of nitrogens with one attached hydrogen (secondary N) is 2. The lowest BCUT2D eigenvalue weighted by atomic mass is 9.82. The van der Waals surface area contributed by atoms with Crippen molar-refractivity contribution in [3.8, 4) is 0 Å². The average Bonchev–Trinajstić information content (AvgIpc) is 2.60. The van der Waals surface area contributed by atoms with Gasteiger partial charge in [-0.05, 0) is 36.5 Å². The van der Waals surface area contributed by atoms with Gasteiger partial charge in [0.1, 0.15) is 6.61 Å². The van der Waals surface area contributed by atoms with E-state index in [9.17, 15) is 9.59 Å². The summed E-state index contributed by atoms with van der Waals surface area (Å²) < 4.78 is 5.47. The monoisotopic (exact) mass is 394 g/mol. The van der Waals surface area contributed by atoms with E-state index in [-0.39, 0.29) is 29.4 Å². The third-order valence-corrected chi connectivity index (χ3v) is 6.02. The molecule has 150 valence electrons. The maximum atomic E-state index is 12.2. The number of alkyl carbamates (subject to hydrolysis) is 1. The van der Waals surface area contributed by atoms with E-state index in [1.165, 1.54) is 0 Å². The van der Waals surface area contributed by atoms with Crippen molar-refractivity contribution in [2.75, 3.05) is 5.75 Å². The van der Waals surface area contributed by atoms with Gasteiger partial charge in [0.25, 0.3) is 0 Å². The number of carbonyl (C=O) groups excluding carboxylic acids is 1. The summed E-state index contributed by atoms with van der Waals surface area (Å²) in [6.45, 7) is 6.71. The molecule has 0 radical (unpaired) electrons. The first-order valence-electron chi connectivity index (χ1n) is 9.33. The SMILES string of the molecule is CC(C)(C)SC[C@@H]1C[C@H](NC(=O)O)CC[C@@H]1NC(=O)OCc1ccccc1. The summed E-state index contributed by atoms with van der Waals surface area (Å²) in [5.41, 5.74) is 0.946. The van der Waals surface area contributed by atoms with Gasteiger partial charge >= 0.3 is 12.2 Å². The van der Waals surface area contributed by atoms with Gasteiger partial charge < -0.3 is 20.5 Å². The number of carbonyl (C=O) groups is 2. The van der Waals surface area contributed by atoms with Crippen LogP contribution in [0.25, 0.3) is 0 Å². The Labute approximate surface area is 165 Å². The first kappa shape index (κ1) is 21.4. The molecule has 0 aliphatic heterocycles. The zero-order valence-corrected chi connectivity index (χ0v) is 17.1. The van der Waals surface area contributed by atoms with Crippen LogP contribution >= 0.6 is 11.8 Å². The standard InChI is InChI=1S/C20H30N2O4S/c1-20(2,3)27-13-15-11-16(21-18(23)24)9-10-17(15)22-19(25)26-12-14-7-5-4-6-8-14/h4-8,15-17,21H,9-13H2,1-3H3,(H,22,25)(H,23,24)/t15-,16+,17-/m0/s1. The minimum atomic E-state index is -0.990. The fraction of sp³-hybridized carbons (Fsp3) is 0.600. The van der Waals surface area contributed by atoms with Crippen molar-refractivity contribution in [2.24, 2.45) is 5.92 Å². The lowest BCUT2D eigenvalue weighted by molar-refractivity contribution is 0.124. The molecule has 1 aliphatic rings. The second-order valence-electron chi connectivity index (χ2n) is 7.96. The predicted molar refractivity (Wildman–Crippen MR) is 108 cm³/mol. The molecule has 7 heteroatoms. The quantitative estimate of drug-likeness (QED) is 0.671. The number of hydrogen-bond donors (Lipinski definition) is 3. The Bertz CT molecular complexity index is 618. The summed E-state index contributed by atoms with van der Waals surface area (Å²) >= 11 is 1.83. The number of carboxylic acid groups (broad SMARTS) is 1. The summed E-state index contributed by atoms with van der Waals surface area (Å²) in [5.74, 6) is 1.06. The number of ether oxygens (including phenoxy) is 1. The lowest BCUT2D eigenvalue weighted by Crippen LogP contribution is -2.49. The molecule has 0 unspecified atom stereocenters. The lowest BCUT2D eigenvalue weighted by Gasteiger charge is -2.37. The fourth-order valence-corrected chi connectivity index (χ4v) is 4.30. The van der Waals surface area contributed by atoms with Crippen LogP contribution < -0.4 is 10.6 Å². The van der Waals surface area contributed by atoms with Crippen molar-refractivity contribution in [3.63, 3.8) is 0 Å². The molecule has 27 heavy (non-hydrogen) atoms. The third kappa shape index (κ3) is 8.12. The van der Waals surface area contributed by atoms with Crippen molar-refractivity contribution in [1.82, 2.24) is 10.6 Å². The molecule has 1 aliphatic carbocycles. The highest BCUT2D eigenvalue weighted by Crippen LogP contribution is 2.33. The van der Waals surface area contributed by atoms with Gasteiger partial charge in [0.05, 0.1) is 0 Å². The normalized spacial score (nSPS) is 22.7. The highest BCUT2D eigenvalue weighted by molar-refractivity contribution is 8.00. The zero-order valence-electron chi connectivity index (χ0n) is 16.2. The number of thioether (sulfide) groups is 1. The van der Waals surface area contributed by atoms with E-state index in [2.05, 4.69) is 31.4 Å². The summed E-state index contributed by atoms with van der Waals surface area (Å²) in [6.07, 6.45) is 0.766. The first-order chi connectivity index (χ1) is 12.7. The van der Waals surface area contributed by atoms with Gasteiger partial charge in [-0.15, -0.1) is 0 Å². The smallest absolute Gasteiger partial charge is 0.407 e. The summed E-state index contributed by atoms with van der Waals surface area (Å²) in [7, 11) is 0. The molecule has 0 bridgehead atoms. The first-order valence-corrected chi connectivity index (χ1v) is 10.3. The molecule has 2 amide bonds. The maximum absolute atomic E-state index is 12.2. The summed E-state index contributed by atoms with van der Waals surface area (Å²) in [4.78, 5) is 23.2. The zero-order chi connectivity index (χ0) is 19.9. The Kier molecular flexibility index (Phi) is 7.83. The number of rotatable bonds is 6. The van der Waals surface area contributed by atoms with Gasteiger partial charge in [-0.2, -0.15) is 11.8 Å². The van der Waals surface area contributed by atoms with Crippen LogP contribution in [0.5, 0.6) is 0 Å². The van der Waals surface area contributed by atoms with Crippen molar-refractivity contribution in [3.05, 3.63) is 35.9 Å². The van der Waals surface area contributed by atoms with Crippen molar-refractivity contribution in [1.29, 1.82) is 0 Å². The van der Waals surface area contributed by atoms with Crippen molar-refractivity contribution in [2.45, 2.75) is 63.5 Å². The molecular formula is C20H30N2O4S. The second kappa shape index (κ2) is 9.88. The molecule has 1 aromatic carbocycles. The van der Waals surface area contributed by atoms with E-state index >= 15 is 0 Å². The average molecular weight is 395 g/mol. The third-order valence-electron chi connectivity index (χ3n) is 4.56. The Morgan fingerprint density at radius 1 is 1.19 bits per heavy atom. The number of benzene rings is 1. The van der Waals surface area contributed by atoms with Gasteiger partial charge in [-0.25, -0.2) is 9.59 Å². The fourth-order valence-electron chi connectivity index (χ4n) is 3.22. The number of hydrogen-bond acceptors (Lipinski definition) is 4. The van der Waals surface area contributed by atoms with Gasteiger partial charge in [-0.3, -0.25) is 0 Å². The van der Waals surface area contributed by atoms with Crippen LogP contribution in [0, 0.1) is 5.92 Å². The minimum absolute atomic E-state index is 0.00466. The molecule has 6 nitrogen and oxygen atoms in total. The van der Waals surface area contributed by atoms with Crippen LogP contribution in [0.15, 0.2) is 30.3 Å². The summed E-state index contributed by atoms with van der Waals surface area (Å²) in [6, 6.07) is 9.50. The molecule has 1 fully saturated rings. The van der Waals surface area contributed by atoms with Crippen molar-refractivity contribution < 1.29 is 19.4 Å². The topological polar surface area (TPSA) is 87.7 Å². The minimum Gasteiger partial charge on any atom is -0.465 e. The second-order valence-corrected chi connectivity index (χ2v) is 9.80. The van der Waals surface area contributed by atoms with Gasteiger partial charge in [0.15, 0.2) is 0 Å². The predicted octanol–water partition coefficient (Wildman–Crippen LogP) is 4.25. The largest absolute Gasteiger partial charge is 0.465 e. The van der Waals surface area contributed by atoms with Crippen LogP contribution in [0.1, 0.15) is 45.6 Å². The van der Waals surface area contributed by atoms with Gasteiger partial charge in [-0.1, -0.05) is 51.1 Å². The Hall–Kier alpha value is -1.89. The molecule has 1 aromatic rings. The highest BCUT2D eigenvalue weighted by atomic mass is 32.2. The maximum Gasteiger partial charge on any atom is 0.407 e. The molecule has 0 aromatic heterocycles. The molecule has 1 saturated carbocycles. The molecule has 0 heterocycles. The Morgan fingerprint density at radius 3 is 2.52 bits per heavy atom. The van der Waals surface area contributed by atoms with Crippen LogP contribution in [0.3, 0.4) is 0 Å². The van der Waals surface area contributed by atoms with Crippen molar-refractivity contribution >= 4 is 23.9 Å². The molecule has 2 rings (SSSR count). The van der Waals surface area contributed by atoms with E-state index in [0.717, 1.165) is 24.2 Å². The van der Waals surface area contributed by atoms with E-state index in [0.29, 0.717) is 6.42 Å². The van der Waals surface area contributed by atoms with E-state index in [1.807, 2.05) is 42.1 Å². The van der Waals surface area contributed by atoms with Crippen LogP contribution in [0.4, 0.5) is 9.59 Å². The molecular weight excluding hydrogens is 364 g/mol. The van der Waals surface area contributed by atoms with E-state index < -0.39 is 12.2 Å². The van der Waals surface area contributed by atoms with E-state index in [1.54, 1.807) is 0 Å². The van der Waals surface area contributed by atoms with Crippen LogP contribution in [0.2, 0.25) is 0 Å². The Balaban J connectivity index is 1.90. The molecule has 3 atom stereocenters. The molecule has 0 saturated heterocycles. The van der Waals surface area contributed by atoms with Gasteiger partial charge in [0.2, 0.25) is 0 Å². The Morgan fingerprint density at radius 2 is 1.89 bits per heavy atom. The highest BCUT2D eigenvalue weighted by Gasteiger charge is 2.33. The van der Waals surface area contributed by atoms with Crippen LogP contribution in [-0.4, -0.2) is 39.9 Å². The number of amides is 2. The molecule has 3 N–H and O–H groups in total. The molecule has 0 spiro atoms. The van der Waals surface area contributed by atoms with E-state index in [4.69, 9.17) is 9.84 Å². The summed E-state index contributed by atoms with van der Waals surface area (Å²) in [5, 5.41) is 14.6. The van der Waals surface area contributed by atoms with Crippen LogP contribution in [-0.2, 0) is 11.3 Å².